The molecule has 5 heteroatoms. The van der Waals surface area contributed by atoms with Crippen LogP contribution in [-0.4, -0.2) is 20.2 Å². The van der Waals surface area contributed by atoms with E-state index in [0.29, 0.717) is 16.9 Å². The molecule has 0 amide bonds. The molecule has 0 radical (unpaired) electrons. The number of furan rings is 1. The monoisotopic (exact) mass is 388 g/mol. The summed E-state index contributed by atoms with van der Waals surface area (Å²) in [5, 5.41) is 2.05. The van der Waals surface area contributed by atoms with Gasteiger partial charge in [-0.1, -0.05) is 42.5 Å². The Morgan fingerprint density at radius 3 is 2.52 bits per heavy atom. The van der Waals surface area contributed by atoms with Crippen molar-refractivity contribution in [3.8, 4) is 5.75 Å². The molecule has 146 valence electrons. The predicted molar refractivity (Wildman–Crippen MR) is 111 cm³/mol. The van der Waals surface area contributed by atoms with E-state index in [1.165, 1.54) is 20.5 Å². The number of hydrogen-bond donors (Lipinski definition) is 0. The van der Waals surface area contributed by atoms with Crippen LogP contribution in [0.5, 0.6) is 5.75 Å². The fraction of sp³-hybridized carbons (Fsp3) is 0.125. The number of carbonyl (C=O) groups is 1. The fourth-order valence-electron chi connectivity index (χ4n) is 3.31. The third kappa shape index (κ3) is 3.67. The number of para-hydroxylation sites is 1. The van der Waals surface area contributed by atoms with E-state index in [2.05, 4.69) is 0 Å². The van der Waals surface area contributed by atoms with E-state index in [1.54, 1.807) is 0 Å². The molecule has 0 N–H and O–H groups in total. The topological polar surface area (TPSA) is 57.9 Å². The van der Waals surface area contributed by atoms with Crippen molar-refractivity contribution in [2.24, 2.45) is 0 Å². The number of rotatable bonds is 6. The number of esters is 1. The molecular weight excluding hydrogens is 368 g/mol. The summed E-state index contributed by atoms with van der Waals surface area (Å²) < 4.78 is 21.8. The Bertz CT molecular complexity index is 1200. The second-order valence-corrected chi connectivity index (χ2v) is 6.46. The van der Waals surface area contributed by atoms with Crippen LogP contribution in [-0.2, 0) is 20.9 Å². The maximum absolute atomic E-state index is 12.1. The second-order valence-electron chi connectivity index (χ2n) is 6.46. The minimum absolute atomic E-state index is 0.287. The summed E-state index contributed by atoms with van der Waals surface area (Å²) in [4.78, 5) is 12.1. The molecule has 0 aliphatic carbocycles. The lowest BCUT2D eigenvalue weighted by Crippen LogP contribution is -2.08. The lowest BCUT2D eigenvalue weighted by atomic mass is 10.0. The molecule has 0 fully saturated rings. The van der Waals surface area contributed by atoms with Gasteiger partial charge < -0.3 is 18.6 Å². The average molecular weight is 388 g/mol. The van der Waals surface area contributed by atoms with Gasteiger partial charge in [0.15, 0.2) is 0 Å². The van der Waals surface area contributed by atoms with Crippen molar-refractivity contribution < 1.29 is 23.4 Å². The standard InChI is InChI=1S/C24H20O5/c1-26-15-21(24(25)27-2)18-8-4-3-7-16(18)14-28-17-11-12-23-20(13-17)19-9-5-6-10-22(19)29-23/h3-13,15H,14H2,1-2H3. The molecule has 4 rings (SSSR count). The Morgan fingerprint density at radius 2 is 1.69 bits per heavy atom. The Kier molecular flexibility index (Phi) is 5.20. The van der Waals surface area contributed by atoms with Crippen molar-refractivity contribution >= 4 is 33.5 Å². The molecule has 0 unspecified atom stereocenters. The highest BCUT2D eigenvalue weighted by Gasteiger charge is 2.17. The molecule has 29 heavy (non-hydrogen) atoms. The van der Waals surface area contributed by atoms with Crippen LogP contribution in [0.4, 0.5) is 0 Å². The molecule has 0 saturated heterocycles. The summed E-state index contributed by atoms with van der Waals surface area (Å²) in [6.07, 6.45) is 1.38. The van der Waals surface area contributed by atoms with Gasteiger partial charge in [0.05, 0.1) is 20.5 Å². The van der Waals surface area contributed by atoms with Gasteiger partial charge in [0.25, 0.3) is 0 Å². The molecule has 5 nitrogen and oxygen atoms in total. The minimum Gasteiger partial charge on any atom is -0.503 e. The van der Waals surface area contributed by atoms with E-state index in [9.17, 15) is 4.79 Å². The van der Waals surface area contributed by atoms with Gasteiger partial charge in [-0.3, -0.25) is 0 Å². The number of hydrogen-bond acceptors (Lipinski definition) is 5. The van der Waals surface area contributed by atoms with Gasteiger partial charge in [-0.15, -0.1) is 0 Å². The maximum atomic E-state index is 12.1. The highest BCUT2D eigenvalue weighted by atomic mass is 16.5. The first-order chi connectivity index (χ1) is 14.2. The molecule has 4 aromatic rings. The SMILES string of the molecule is COC=C(C(=O)OC)c1ccccc1COc1ccc2oc3ccccc3c2c1. The van der Waals surface area contributed by atoms with E-state index in [4.69, 9.17) is 18.6 Å². The van der Waals surface area contributed by atoms with Gasteiger partial charge in [0.1, 0.15) is 29.1 Å². The first-order valence-corrected chi connectivity index (χ1v) is 9.15. The number of ether oxygens (including phenoxy) is 3. The molecule has 1 aromatic heterocycles. The summed E-state index contributed by atoms with van der Waals surface area (Å²) in [6, 6.07) is 21.2. The zero-order chi connectivity index (χ0) is 20.2. The smallest absolute Gasteiger partial charge is 0.341 e. The molecular formula is C24H20O5. The van der Waals surface area contributed by atoms with Gasteiger partial charge in [-0.25, -0.2) is 4.79 Å². The van der Waals surface area contributed by atoms with Crippen LogP contribution in [0.2, 0.25) is 0 Å². The van der Waals surface area contributed by atoms with Gasteiger partial charge >= 0.3 is 5.97 Å². The molecule has 0 bridgehead atoms. The Balaban J connectivity index is 1.63. The quantitative estimate of drug-likeness (QED) is 0.254. The predicted octanol–water partition coefficient (Wildman–Crippen LogP) is 5.33. The van der Waals surface area contributed by atoms with Crippen LogP contribution in [0.15, 0.2) is 77.4 Å². The van der Waals surface area contributed by atoms with E-state index < -0.39 is 5.97 Å². The highest BCUT2D eigenvalue weighted by molar-refractivity contribution is 6.16. The molecule has 0 aliphatic rings. The third-order valence-electron chi connectivity index (χ3n) is 4.69. The van der Waals surface area contributed by atoms with Crippen molar-refractivity contribution in [2.45, 2.75) is 6.61 Å². The van der Waals surface area contributed by atoms with Gasteiger partial charge in [0, 0.05) is 10.8 Å². The van der Waals surface area contributed by atoms with Crippen molar-refractivity contribution in [3.63, 3.8) is 0 Å². The minimum atomic E-state index is -0.467. The molecule has 0 aliphatic heterocycles. The number of carbonyl (C=O) groups excluding carboxylic acids is 1. The van der Waals surface area contributed by atoms with Gasteiger partial charge in [-0.2, -0.15) is 0 Å². The Morgan fingerprint density at radius 1 is 0.931 bits per heavy atom. The first-order valence-electron chi connectivity index (χ1n) is 9.15. The van der Waals surface area contributed by atoms with Crippen LogP contribution in [0.25, 0.3) is 27.5 Å². The van der Waals surface area contributed by atoms with Crippen LogP contribution < -0.4 is 4.74 Å². The van der Waals surface area contributed by atoms with Crippen molar-refractivity contribution in [2.75, 3.05) is 14.2 Å². The van der Waals surface area contributed by atoms with Crippen molar-refractivity contribution in [1.82, 2.24) is 0 Å². The lowest BCUT2D eigenvalue weighted by Gasteiger charge is -2.13. The van der Waals surface area contributed by atoms with E-state index in [1.807, 2.05) is 66.7 Å². The Hall–Kier alpha value is -3.73. The molecule has 0 atom stereocenters. The summed E-state index contributed by atoms with van der Waals surface area (Å²) in [7, 11) is 2.84. The largest absolute Gasteiger partial charge is 0.503 e. The summed E-state index contributed by atoms with van der Waals surface area (Å²) in [6.45, 7) is 0.287. The number of methoxy groups -OCH3 is 2. The van der Waals surface area contributed by atoms with Gasteiger partial charge in [0.2, 0.25) is 0 Å². The third-order valence-corrected chi connectivity index (χ3v) is 4.69. The molecule has 1 heterocycles. The molecule has 3 aromatic carbocycles. The second kappa shape index (κ2) is 8.10. The van der Waals surface area contributed by atoms with Crippen LogP contribution >= 0.6 is 0 Å². The first kappa shape index (κ1) is 18.6. The van der Waals surface area contributed by atoms with E-state index in [0.717, 1.165) is 27.5 Å². The maximum Gasteiger partial charge on any atom is 0.341 e. The average Bonchev–Trinajstić information content (AvgIpc) is 3.14. The lowest BCUT2D eigenvalue weighted by molar-refractivity contribution is -0.133. The van der Waals surface area contributed by atoms with Crippen molar-refractivity contribution in [1.29, 1.82) is 0 Å². The normalized spacial score (nSPS) is 11.6. The number of fused-ring (bicyclic) bond motifs is 3. The highest BCUT2D eigenvalue weighted by Crippen LogP contribution is 2.31. The van der Waals surface area contributed by atoms with Crippen LogP contribution in [0.1, 0.15) is 11.1 Å². The number of benzene rings is 3. The fourth-order valence-corrected chi connectivity index (χ4v) is 3.31. The molecule has 0 saturated carbocycles. The van der Waals surface area contributed by atoms with E-state index in [-0.39, 0.29) is 6.61 Å². The van der Waals surface area contributed by atoms with Crippen LogP contribution in [0, 0.1) is 0 Å². The van der Waals surface area contributed by atoms with Gasteiger partial charge in [-0.05, 0) is 35.4 Å². The van der Waals surface area contributed by atoms with E-state index >= 15 is 0 Å². The van der Waals surface area contributed by atoms with Crippen molar-refractivity contribution in [3.05, 3.63) is 84.1 Å². The summed E-state index contributed by atoms with van der Waals surface area (Å²) >= 11 is 0. The zero-order valence-electron chi connectivity index (χ0n) is 16.2. The summed E-state index contributed by atoms with van der Waals surface area (Å²) in [5.74, 6) is 0.250. The Labute approximate surface area is 168 Å². The molecule has 0 spiro atoms. The van der Waals surface area contributed by atoms with Crippen LogP contribution in [0.3, 0.4) is 0 Å². The zero-order valence-corrected chi connectivity index (χ0v) is 16.2. The summed E-state index contributed by atoms with van der Waals surface area (Å²) in [5.41, 5.74) is 3.55.